The van der Waals surface area contributed by atoms with Crippen molar-refractivity contribution in [1.82, 2.24) is 20.5 Å². The maximum atomic E-state index is 12.5. The van der Waals surface area contributed by atoms with Gasteiger partial charge < -0.3 is 10.1 Å². The fraction of sp³-hybridized carbons (Fsp3) is 0.211. The van der Waals surface area contributed by atoms with Gasteiger partial charge in [0.25, 0.3) is 5.91 Å². The third-order valence-electron chi connectivity index (χ3n) is 3.88. The lowest BCUT2D eigenvalue weighted by Crippen LogP contribution is -2.26. The van der Waals surface area contributed by atoms with Crippen molar-refractivity contribution in [2.75, 3.05) is 13.7 Å². The molecule has 0 saturated carbocycles. The lowest BCUT2D eigenvalue weighted by Gasteiger charge is -2.10. The molecule has 0 radical (unpaired) electrons. The Morgan fingerprint density at radius 2 is 2.00 bits per heavy atom. The van der Waals surface area contributed by atoms with Crippen molar-refractivity contribution in [3.05, 3.63) is 71.5 Å². The largest absolute Gasteiger partial charge is 0.497 e. The quantitative estimate of drug-likeness (QED) is 0.597. The van der Waals surface area contributed by atoms with Crippen LogP contribution in [0.2, 0.25) is 0 Å². The van der Waals surface area contributed by atoms with Gasteiger partial charge >= 0.3 is 0 Å². The SMILES string of the molecule is COc1ccc(CCNC(=O)c2ccccc2CSc2ncn[nH]2)cc1. The summed E-state index contributed by atoms with van der Waals surface area (Å²) in [6.07, 6.45) is 2.24. The summed E-state index contributed by atoms with van der Waals surface area (Å²) in [6, 6.07) is 15.5. The van der Waals surface area contributed by atoms with Gasteiger partial charge in [-0.1, -0.05) is 42.1 Å². The van der Waals surface area contributed by atoms with Crippen LogP contribution in [0.3, 0.4) is 0 Å². The number of hydrogen-bond donors (Lipinski definition) is 2. The molecule has 26 heavy (non-hydrogen) atoms. The van der Waals surface area contributed by atoms with Crippen molar-refractivity contribution < 1.29 is 9.53 Å². The number of rotatable bonds is 8. The summed E-state index contributed by atoms with van der Waals surface area (Å²) in [5, 5.41) is 10.4. The average Bonchev–Trinajstić information content (AvgIpc) is 3.20. The number of hydrogen-bond acceptors (Lipinski definition) is 5. The molecule has 0 bridgehead atoms. The smallest absolute Gasteiger partial charge is 0.251 e. The summed E-state index contributed by atoms with van der Waals surface area (Å²) >= 11 is 1.51. The van der Waals surface area contributed by atoms with Crippen molar-refractivity contribution >= 4 is 17.7 Å². The van der Waals surface area contributed by atoms with Gasteiger partial charge in [0.05, 0.1) is 7.11 Å². The minimum absolute atomic E-state index is 0.0627. The van der Waals surface area contributed by atoms with Crippen LogP contribution in [0.4, 0.5) is 0 Å². The van der Waals surface area contributed by atoms with Crippen LogP contribution in [0.1, 0.15) is 21.5 Å². The first-order valence-corrected chi connectivity index (χ1v) is 9.22. The Hall–Kier alpha value is -2.80. The summed E-state index contributed by atoms with van der Waals surface area (Å²) in [5.74, 6) is 1.42. The molecule has 0 aliphatic carbocycles. The number of nitrogens with one attached hydrogen (secondary N) is 2. The molecule has 0 unspecified atom stereocenters. The highest BCUT2D eigenvalue weighted by Gasteiger charge is 2.11. The number of aromatic nitrogens is 3. The number of carbonyl (C=O) groups is 1. The van der Waals surface area contributed by atoms with E-state index < -0.39 is 0 Å². The van der Waals surface area contributed by atoms with Crippen LogP contribution in [-0.2, 0) is 12.2 Å². The molecule has 0 spiro atoms. The summed E-state index contributed by atoms with van der Waals surface area (Å²) < 4.78 is 5.15. The van der Waals surface area contributed by atoms with Gasteiger partial charge in [0.1, 0.15) is 12.1 Å². The van der Waals surface area contributed by atoms with Crippen molar-refractivity contribution in [1.29, 1.82) is 0 Å². The molecule has 3 aromatic rings. The van der Waals surface area contributed by atoms with Gasteiger partial charge in [0.2, 0.25) is 0 Å². The van der Waals surface area contributed by atoms with E-state index in [2.05, 4.69) is 20.5 Å². The lowest BCUT2D eigenvalue weighted by molar-refractivity contribution is 0.0953. The normalized spacial score (nSPS) is 10.5. The van der Waals surface area contributed by atoms with Crippen LogP contribution in [0.25, 0.3) is 0 Å². The third-order valence-corrected chi connectivity index (χ3v) is 4.80. The van der Waals surface area contributed by atoms with E-state index in [1.165, 1.54) is 18.1 Å². The van der Waals surface area contributed by atoms with E-state index in [1.807, 2.05) is 48.5 Å². The highest BCUT2D eigenvalue weighted by atomic mass is 32.2. The van der Waals surface area contributed by atoms with Gasteiger partial charge in [-0.15, -0.1) is 0 Å². The lowest BCUT2D eigenvalue weighted by atomic mass is 10.1. The number of amides is 1. The standard InChI is InChI=1S/C19H20N4O2S/c1-25-16-8-6-14(7-9-16)10-11-20-18(24)17-5-3-2-4-15(17)12-26-19-21-13-22-23-19/h2-9,13H,10-12H2,1H3,(H,20,24)(H,21,22,23). The Bertz CT molecular complexity index is 835. The fourth-order valence-corrected chi connectivity index (χ4v) is 3.27. The number of carbonyl (C=O) groups excluding carboxylic acids is 1. The van der Waals surface area contributed by atoms with Crippen molar-refractivity contribution in [3.63, 3.8) is 0 Å². The van der Waals surface area contributed by atoms with E-state index in [0.717, 1.165) is 28.5 Å². The first-order chi connectivity index (χ1) is 12.8. The van der Waals surface area contributed by atoms with Crippen LogP contribution in [-0.4, -0.2) is 34.7 Å². The Balaban J connectivity index is 1.55. The first-order valence-electron chi connectivity index (χ1n) is 8.23. The minimum Gasteiger partial charge on any atom is -0.497 e. The molecule has 0 fully saturated rings. The van der Waals surface area contributed by atoms with Gasteiger partial charge in [-0.2, -0.15) is 5.10 Å². The van der Waals surface area contributed by atoms with Gasteiger partial charge in [0, 0.05) is 17.9 Å². The predicted octanol–water partition coefficient (Wildman–Crippen LogP) is 3.08. The second-order valence-corrected chi connectivity index (χ2v) is 6.55. The number of nitrogens with zero attached hydrogens (tertiary/aromatic N) is 2. The minimum atomic E-state index is -0.0627. The Morgan fingerprint density at radius 3 is 2.73 bits per heavy atom. The monoisotopic (exact) mass is 368 g/mol. The molecule has 134 valence electrons. The number of H-pyrrole nitrogens is 1. The van der Waals surface area contributed by atoms with E-state index >= 15 is 0 Å². The molecule has 1 heterocycles. The van der Waals surface area contributed by atoms with Crippen molar-refractivity contribution in [2.24, 2.45) is 0 Å². The average molecular weight is 368 g/mol. The van der Waals surface area contributed by atoms with Gasteiger partial charge in [0.15, 0.2) is 5.16 Å². The molecular formula is C19H20N4O2S. The zero-order chi connectivity index (χ0) is 18.2. The van der Waals surface area contributed by atoms with Gasteiger partial charge in [-0.25, -0.2) is 4.98 Å². The molecular weight excluding hydrogens is 348 g/mol. The molecule has 3 rings (SSSR count). The van der Waals surface area contributed by atoms with Crippen LogP contribution in [0.5, 0.6) is 5.75 Å². The number of ether oxygens (including phenoxy) is 1. The zero-order valence-electron chi connectivity index (χ0n) is 14.4. The Labute approximate surface area is 156 Å². The van der Waals surface area contributed by atoms with Crippen LogP contribution >= 0.6 is 11.8 Å². The molecule has 2 N–H and O–H groups in total. The second-order valence-electron chi connectivity index (χ2n) is 5.59. The molecule has 1 aromatic heterocycles. The predicted molar refractivity (Wildman–Crippen MR) is 101 cm³/mol. The summed E-state index contributed by atoms with van der Waals surface area (Å²) in [4.78, 5) is 16.6. The topological polar surface area (TPSA) is 79.9 Å². The summed E-state index contributed by atoms with van der Waals surface area (Å²) in [7, 11) is 1.65. The van der Waals surface area contributed by atoms with E-state index in [4.69, 9.17) is 4.74 Å². The molecule has 0 aliphatic rings. The highest BCUT2D eigenvalue weighted by Crippen LogP contribution is 2.21. The molecule has 0 atom stereocenters. The Morgan fingerprint density at radius 1 is 1.19 bits per heavy atom. The van der Waals surface area contributed by atoms with E-state index in [9.17, 15) is 4.79 Å². The molecule has 0 saturated heterocycles. The van der Waals surface area contributed by atoms with Crippen molar-refractivity contribution in [3.8, 4) is 5.75 Å². The molecule has 1 amide bonds. The summed E-state index contributed by atoms with van der Waals surface area (Å²) in [5.41, 5.74) is 2.81. The number of methoxy groups -OCH3 is 1. The number of aromatic amines is 1. The van der Waals surface area contributed by atoms with Gasteiger partial charge in [-0.05, 0) is 35.7 Å². The highest BCUT2D eigenvalue weighted by molar-refractivity contribution is 7.98. The Kier molecular flexibility index (Phi) is 6.27. The number of benzene rings is 2. The molecule has 7 heteroatoms. The van der Waals surface area contributed by atoms with Gasteiger partial charge in [-0.3, -0.25) is 9.89 Å². The third kappa shape index (κ3) is 4.86. The zero-order valence-corrected chi connectivity index (χ0v) is 15.3. The molecule has 6 nitrogen and oxygen atoms in total. The van der Waals surface area contributed by atoms with E-state index in [1.54, 1.807) is 7.11 Å². The fourth-order valence-electron chi connectivity index (χ4n) is 2.49. The van der Waals surface area contributed by atoms with E-state index in [0.29, 0.717) is 17.9 Å². The van der Waals surface area contributed by atoms with Crippen molar-refractivity contribution in [2.45, 2.75) is 17.3 Å². The van der Waals surface area contributed by atoms with Crippen LogP contribution in [0, 0.1) is 0 Å². The summed E-state index contributed by atoms with van der Waals surface area (Å²) in [6.45, 7) is 0.578. The number of thioether (sulfide) groups is 1. The first kappa shape index (κ1) is 18.0. The van der Waals surface area contributed by atoms with Crippen LogP contribution < -0.4 is 10.1 Å². The second kappa shape index (κ2) is 9.05. The van der Waals surface area contributed by atoms with E-state index in [-0.39, 0.29) is 5.91 Å². The van der Waals surface area contributed by atoms with Crippen LogP contribution in [0.15, 0.2) is 60.0 Å². The maximum Gasteiger partial charge on any atom is 0.251 e. The molecule has 2 aromatic carbocycles. The molecule has 0 aliphatic heterocycles. The maximum absolute atomic E-state index is 12.5.